The summed E-state index contributed by atoms with van der Waals surface area (Å²) in [6.07, 6.45) is 6.22. The SMILES string of the molecule is N#Cc1ccc(N2CCCCC2CCOc2ccc3c(N4CC[N]CC4)ncnc3c2)cc1. The van der Waals surface area contributed by atoms with Crippen molar-refractivity contribution in [3.63, 3.8) is 0 Å². The number of nitriles is 1. The molecule has 0 saturated carbocycles. The number of benzene rings is 2. The Morgan fingerprint density at radius 3 is 2.67 bits per heavy atom. The van der Waals surface area contributed by atoms with E-state index in [9.17, 15) is 0 Å². The predicted molar refractivity (Wildman–Crippen MR) is 130 cm³/mol. The maximum Gasteiger partial charge on any atom is 0.139 e. The number of rotatable bonds is 6. The average Bonchev–Trinajstić information content (AvgIpc) is 2.89. The fraction of sp³-hybridized carbons (Fsp3) is 0.423. The Balaban J connectivity index is 1.24. The van der Waals surface area contributed by atoms with E-state index in [1.807, 2.05) is 24.3 Å². The largest absolute Gasteiger partial charge is 0.493 e. The molecule has 7 heteroatoms. The molecule has 3 aromatic rings. The summed E-state index contributed by atoms with van der Waals surface area (Å²) in [5.74, 6) is 1.84. The lowest BCUT2D eigenvalue weighted by atomic mass is 9.98. The van der Waals surface area contributed by atoms with Crippen molar-refractivity contribution in [1.82, 2.24) is 15.3 Å². The molecule has 1 unspecified atom stereocenters. The third-order valence-electron chi connectivity index (χ3n) is 6.62. The lowest BCUT2D eigenvalue weighted by Crippen LogP contribution is -2.40. The summed E-state index contributed by atoms with van der Waals surface area (Å²) in [5, 5.41) is 14.6. The summed E-state index contributed by atoms with van der Waals surface area (Å²) >= 11 is 0. The summed E-state index contributed by atoms with van der Waals surface area (Å²) in [4.78, 5) is 13.8. The smallest absolute Gasteiger partial charge is 0.139 e. The molecule has 2 aliphatic rings. The molecule has 169 valence electrons. The molecule has 1 aromatic heterocycles. The van der Waals surface area contributed by atoms with Crippen LogP contribution < -0.4 is 19.9 Å². The van der Waals surface area contributed by atoms with Gasteiger partial charge in [-0.1, -0.05) is 0 Å². The Morgan fingerprint density at radius 2 is 1.85 bits per heavy atom. The topological polar surface area (TPSA) is 79.4 Å². The molecule has 0 aliphatic carbocycles. The van der Waals surface area contributed by atoms with Crippen LogP contribution in [0.4, 0.5) is 11.5 Å². The molecule has 0 bridgehead atoms. The minimum Gasteiger partial charge on any atom is -0.493 e. The first kappa shape index (κ1) is 21.5. The number of aromatic nitrogens is 2. The van der Waals surface area contributed by atoms with E-state index >= 15 is 0 Å². The molecule has 2 saturated heterocycles. The fourth-order valence-electron chi connectivity index (χ4n) is 4.86. The Hall–Kier alpha value is -3.37. The van der Waals surface area contributed by atoms with Crippen LogP contribution >= 0.6 is 0 Å². The molecule has 0 spiro atoms. The molecule has 33 heavy (non-hydrogen) atoms. The van der Waals surface area contributed by atoms with E-state index in [-0.39, 0.29) is 0 Å². The minimum atomic E-state index is 0.450. The standard InChI is InChI=1S/C26H29N6O/c27-18-20-4-6-22(7-5-20)32-13-2-1-3-21(32)10-16-33-23-8-9-24-25(17-23)29-19-30-26(24)31-14-11-28-12-15-31/h4-9,17,19,21H,1-3,10-16H2. The zero-order valence-corrected chi connectivity index (χ0v) is 18.9. The zero-order valence-electron chi connectivity index (χ0n) is 18.9. The Kier molecular flexibility index (Phi) is 6.54. The Labute approximate surface area is 195 Å². The van der Waals surface area contributed by atoms with Crippen LogP contribution in [-0.4, -0.2) is 55.3 Å². The van der Waals surface area contributed by atoms with Gasteiger partial charge in [0.15, 0.2) is 0 Å². The highest BCUT2D eigenvalue weighted by Crippen LogP contribution is 2.29. The summed E-state index contributed by atoms with van der Waals surface area (Å²) in [7, 11) is 0. The van der Waals surface area contributed by atoms with Crippen molar-refractivity contribution in [2.45, 2.75) is 31.7 Å². The number of ether oxygens (including phenoxy) is 1. The van der Waals surface area contributed by atoms with Gasteiger partial charge >= 0.3 is 0 Å². The second-order valence-electron chi connectivity index (χ2n) is 8.67. The molecule has 0 N–H and O–H groups in total. The number of piperazine rings is 1. The molecule has 1 atom stereocenters. The van der Waals surface area contributed by atoms with Crippen LogP contribution in [0, 0.1) is 11.3 Å². The zero-order chi connectivity index (χ0) is 22.5. The third kappa shape index (κ3) is 4.86. The van der Waals surface area contributed by atoms with E-state index in [1.54, 1.807) is 6.33 Å². The quantitative estimate of drug-likeness (QED) is 0.580. The molecule has 2 aliphatic heterocycles. The van der Waals surface area contributed by atoms with Crippen LogP contribution in [0.25, 0.3) is 10.9 Å². The minimum absolute atomic E-state index is 0.450. The molecular weight excluding hydrogens is 412 g/mol. The molecule has 2 aromatic carbocycles. The molecule has 2 fully saturated rings. The maximum atomic E-state index is 9.07. The van der Waals surface area contributed by atoms with E-state index in [2.05, 4.69) is 49.4 Å². The van der Waals surface area contributed by atoms with E-state index in [0.717, 1.165) is 61.6 Å². The van der Waals surface area contributed by atoms with Crippen LogP contribution in [0.2, 0.25) is 0 Å². The monoisotopic (exact) mass is 441 g/mol. The van der Waals surface area contributed by atoms with Gasteiger partial charge in [0.2, 0.25) is 0 Å². The van der Waals surface area contributed by atoms with Crippen molar-refractivity contribution in [3.05, 3.63) is 54.4 Å². The van der Waals surface area contributed by atoms with Gasteiger partial charge in [0.25, 0.3) is 0 Å². The molecule has 0 amide bonds. The summed E-state index contributed by atoms with van der Waals surface area (Å²) in [5.41, 5.74) is 2.81. The first-order valence-electron chi connectivity index (χ1n) is 11.8. The number of hydrogen-bond donors (Lipinski definition) is 0. The second-order valence-corrected chi connectivity index (χ2v) is 8.67. The lowest BCUT2D eigenvalue weighted by molar-refractivity contribution is 0.282. The van der Waals surface area contributed by atoms with E-state index in [0.29, 0.717) is 18.2 Å². The number of anilines is 2. The maximum absolute atomic E-state index is 9.07. The van der Waals surface area contributed by atoms with Gasteiger partial charge in [0, 0.05) is 62.3 Å². The second kappa shape index (κ2) is 10.1. The highest BCUT2D eigenvalue weighted by Gasteiger charge is 2.23. The summed E-state index contributed by atoms with van der Waals surface area (Å²) in [6, 6.07) is 16.7. The van der Waals surface area contributed by atoms with Gasteiger partial charge in [-0.15, -0.1) is 0 Å². The van der Waals surface area contributed by atoms with Crippen molar-refractivity contribution in [2.75, 3.05) is 49.1 Å². The Bertz CT molecular complexity index is 1120. The van der Waals surface area contributed by atoms with Crippen LogP contribution in [0.5, 0.6) is 5.75 Å². The number of hydrogen-bond acceptors (Lipinski definition) is 6. The van der Waals surface area contributed by atoms with E-state index < -0.39 is 0 Å². The van der Waals surface area contributed by atoms with Gasteiger partial charge in [0.1, 0.15) is 17.9 Å². The third-order valence-corrected chi connectivity index (χ3v) is 6.62. The summed E-state index contributed by atoms with van der Waals surface area (Å²) < 4.78 is 6.16. The predicted octanol–water partition coefficient (Wildman–Crippen LogP) is 3.75. The fourth-order valence-corrected chi connectivity index (χ4v) is 4.86. The van der Waals surface area contributed by atoms with Crippen molar-refractivity contribution in [3.8, 4) is 11.8 Å². The van der Waals surface area contributed by atoms with E-state index in [1.165, 1.54) is 24.9 Å². The molecular formula is C26H29N6O. The normalized spacial score (nSPS) is 18.8. The lowest BCUT2D eigenvalue weighted by Gasteiger charge is -2.37. The van der Waals surface area contributed by atoms with Crippen LogP contribution in [0.15, 0.2) is 48.8 Å². The van der Waals surface area contributed by atoms with E-state index in [4.69, 9.17) is 10.00 Å². The van der Waals surface area contributed by atoms with Crippen molar-refractivity contribution >= 4 is 22.4 Å². The molecule has 5 rings (SSSR count). The molecule has 3 heterocycles. The van der Waals surface area contributed by atoms with Crippen molar-refractivity contribution in [2.24, 2.45) is 0 Å². The van der Waals surface area contributed by atoms with Crippen LogP contribution in [0.1, 0.15) is 31.2 Å². The Morgan fingerprint density at radius 1 is 1.00 bits per heavy atom. The number of nitrogens with zero attached hydrogens (tertiary/aromatic N) is 6. The number of piperidine rings is 1. The van der Waals surface area contributed by atoms with Crippen LogP contribution in [0.3, 0.4) is 0 Å². The first-order chi connectivity index (χ1) is 16.3. The first-order valence-corrected chi connectivity index (χ1v) is 11.8. The van der Waals surface area contributed by atoms with Gasteiger partial charge in [-0.05, 0) is 55.7 Å². The number of fused-ring (bicyclic) bond motifs is 1. The van der Waals surface area contributed by atoms with Crippen molar-refractivity contribution < 1.29 is 4.74 Å². The highest BCUT2D eigenvalue weighted by molar-refractivity contribution is 5.90. The van der Waals surface area contributed by atoms with Gasteiger partial charge in [-0.25, -0.2) is 15.3 Å². The average molecular weight is 442 g/mol. The van der Waals surface area contributed by atoms with Gasteiger partial charge in [-0.2, -0.15) is 5.26 Å². The van der Waals surface area contributed by atoms with Crippen molar-refractivity contribution in [1.29, 1.82) is 5.26 Å². The highest BCUT2D eigenvalue weighted by atomic mass is 16.5. The van der Waals surface area contributed by atoms with Gasteiger partial charge in [-0.3, -0.25) is 0 Å². The van der Waals surface area contributed by atoms with Gasteiger partial charge < -0.3 is 14.5 Å². The summed E-state index contributed by atoms with van der Waals surface area (Å²) in [6.45, 7) is 5.23. The van der Waals surface area contributed by atoms with Gasteiger partial charge in [0.05, 0.1) is 23.8 Å². The molecule has 1 radical (unpaired) electrons. The van der Waals surface area contributed by atoms with Crippen LogP contribution in [-0.2, 0) is 0 Å². The molecule has 7 nitrogen and oxygen atoms in total.